The van der Waals surface area contributed by atoms with E-state index in [2.05, 4.69) is 20.7 Å². The smallest absolute Gasteiger partial charge is 0.310 e. The van der Waals surface area contributed by atoms with Crippen LogP contribution in [-0.4, -0.2) is 13.1 Å². The van der Waals surface area contributed by atoms with Crippen LogP contribution in [0.15, 0.2) is 16.6 Å². The van der Waals surface area contributed by atoms with Gasteiger partial charge in [0.15, 0.2) is 11.6 Å². The van der Waals surface area contributed by atoms with Crippen LogP contribution in [0.25, 0.3) is 0 Å². The van der Waals surface area contributed by atoms with Crippen LogP contribution in [0.5, 0.6) is 0 Å². The summed E-state index contributed by atoms with van der Waals surface area (Å²) >= 11 is 2.91. The fraction of sp³-hybridized carbons (Fsp3) is 0.500. The van der Waals surface area contributed by atoms with Crippen LogP contribution in [0.2, 0.25) is 0 Å². The SMILES string of the molecule is C/C=C\[C@@H]1[C@@H](C(=O)OCc2c(F)c(F)c(COC)c(F)c2Br)C1(C)C. The molecule has 0 spiro atoms. The van der Waals surface area contributed by atoms with E-state index >= 15 is 0 Å². The van der Waals surface area contributed by atoms with Gasteiger partial charge in [0.1, 0.15) is 12.4 Å². The van der Waals surface area contributed by atoms with E-state index in [9.17, 15) is 18.0 Å². The summed E-state index contributed by atoms with van der Waals surface area (Å²) in [6.45, 7) is 4.75. The number of ether oxygens (including phenoxy) is 2. The molecule has 1 aliphatic rings. The molecule has 1 aromatic carbocycles. The predicted molar refractivity (Wildman–Crippen MR) is 90.1 cm³/mol. The van der Waals surface area contributed by atoms with Gasteiger partial charge in [0.2, 0.25) is 0 Å². The zero-order chi connectivity index (χ0) is 18.9. The van der Waals surface area contributed by atoms with Gasteiger partial charge in [-0.05, 0) is 34.2 Å². The second kappa shape index (κ2) is 7.50. The van der Waals surface area contributed by atoms with Crippen molar-refractivity contribution in [2.75, 3.05) is 7.11 Å². The molecular weight excluding hydrogens is 401 g/mol. The third kappa shape index (κ3) is 3.62. The highest BCUT2D eigenvalue weighted by Crippen LogP contribution is 2.59. The third-order valence-electron chi connectivity index (χ3n) is 4.66. The highest BCUT2D eigenvalue weighted by Gasteiger charge is 2.61. The van der Waals surface area contributed by atoms with Gasteiger partial charge in [0, 0.05) is 12.7 Å². The first-order valence-corrected chi connectivity index (χ1v) is 8.59. The minimum absolute atomic E-state index is 0.0378. The zero-order valence-corrected chi connectivity index (χ0v) is 16.0. The van der Waals surface area contributed by atoms with Gasteiger partial charge in [-0.2, -0.15) is 0 Å². The summed E-state index contributed by atoms with van der Waals surface area (Å²) in [5.41, 5.74) is -1.14. The van der Waals surface area contributed by atoms with Crippen molar-refractivity contribution in [3.63, 3.8) is 0 Å². The molecule has 0 radical (unpaired) electrons. The van der Waals surface area contributed by atoms with E-state index in [4.69, 9.17) is 4.74 Å². The van der Waals surface area contributed by atoms with Crippen LogP contribution < -0.4 is 0 Å². The lowest BCUT2D eigenvalue weighted by atomic mass is 10.1. The predicted octanol–water partition coefficient (Wildman–Crippen LogP) is 4.90. The van der Waals surface area contributed by atoms with Gasteiger partial charge in [-0.1, -0.05) is 26.0 Å². The van der Waals surface area contributed by atoms with E-state index in [1.165, 1.54) is 7.11 Å². The molecule has 0 heterocycles. The molecule has 0 saturated heterocycles. The molecule has 2 rings (SSSR count). The molecule has 0 unspecified atom stereocenters. The molecule has 0 amide bonds. The quantitative estimate of drug-likeness (QED) is 0.372. The van der Waals surface area contributed by atoms with Crippen LogP contribution in [0.4, 0.5) is 13.2 Å². The van der Waals surface area contributed by atoms with E-state index in [-0.39, 0.29) is 27.3 Å². The van der Waals surface area contributed by atoms with Crippen molar-refractivity contribution in [1.29, 1.82) is 0 Å². The Bertz CT molecular complexity index is 687. The Kier molecular flexibility index (Phi) is 5.99. The van der Waals surface area contributed by atoms with E-state index in [0.29, 0.717) is 0 Å². The van der Waals surface area contributed by atoms with Crippen LogP contribution in [0.3, 0.4) is 0 Å². The molecule has 0 N–H and O–H groups in total. The summed E-state index contributed by atoms with van der Waals surface area (Å²) in [5.74, 6) is -4.39. The van der Waals surface area contributed by atoms with Gasteiger partial charge < -0.3 is 9.47 Å². The summed E-state index contributed by atoms with van der Waals surface area (Å²) in [7, 11) is 1.25. The maximum atomic E-state index is 14.2. The van der Waals surface area contributed by atoms with E-state index < -0.39 is 42.2 Å². The maximum Gasteiger partial charge on any atom is 0.310 e. The van der Waals surface area contributed by atoms with Crippen molar-refractivity contribution in [3.8, 4) is 0 Å². The number of hydrogen-bond donors (Lipinski definition) is 0. The topological polar surface area (TPSA) is 35.5 Å². The van der Waals surface area contributed by atoms with Crippen molar-refractivity contribution >= 4 is 21.9 Å². The normalized spacial score (nSPS) is 21.6. The summed E-state index contributed by atoms with van der Waals surface area (Å²) in [5, 5.41) is 0. The number of carbonyl (C=O) groups is 1. The lowest BCUT2D eigenvalue weighted by Crippen LogP contribution is -2.13. The standard InChI is InChI=1S/C18H20BrF3O3/c1-5-6-11-12(18(11,2)3)17(23)25-8-9-13(19)14(20)10(7-24-4)16(22)15(9)21/h5-6,11-12H,7-8H2,1-4H3/b6-5-/t11-,12+/m1/s1. The molecule has 7 heteroatoms. The first-order valence-electron chi connectivity index (χ1n) is 7.80. The monoisotopic (exact) mass is 420 g/mol. The van der Waals surface area contributed by atoms with Crippen molar-refractivity contribution in [2.45, 2.75) is 34.0 Å². The lowest BCUT2D eigenvalue weighted by molar-refractivity contribution is -0.147. The number of allylic oxidation sites excluding steroid dienone is 2. The largest absolute Gasteiger partial charge is 0.460 e. The maximum absolute atomic E-state index is 14.2. The fourth-order valence-corrected chi connectivity index (χ4v) is 3.58. The Morgan fingerprint density at radius 1 is 1.16 bits per heavy atom. The van der Waals surface area contributed by atoms with Gasteiger partial charge in [-0.15, -0.1) is 0 Å². The van der Waals surface area contributed by atoms with Gasteiger partial charge in [-0.3, -0.25) is 4.79 Å². The summed E-state index contributed by atoms with van der Waals surface area (Å²) < 4.78 is 51.9. The zero-order valence-electron chi connectivity index (χ0n) is 14.5. The van der Waals surface area contributed by atoms with Crippen molar-refractivity contribution in [1.82, 2.24) is 0 Å². The number of benzene rings is 1. The molecule has 25 heavy (non-hydrogen) atoms. The number of halogens is 4. The van der Waals surface area contributed by atoms with E-state index in [1.807, 2.05) is 32.9 Å². The third-order valence-corrected chi connectivity index (χ3v) is 5.48. The highest BCUT2D eigenvalue weighted by atomic mass is 79.9. The molecule has 2 atom stereocenters. The van der Waals surface area contributed by atoms with Crippen molar-refractivity contribution < 1.29 is 27.4 Å². The number of esters is 1. The number of carbonyl (C=O) groups excluding carboxylic acids is 1. The highest BCUT2D eigenvalue weighted by molar-refractivity contribution is 9.10. The Hall–Kier alpha value is -1.34. The first kappa shape index (κ1) is 20.0. The Balaban J connectivity index is 2.18. The summed E-state index contributed by atoms with van der Waals surface area (Å²) in [6, 6.07) is 0. The van der Waals surface area contributed by atoms with Gasteiger partial charge >= 0.3 is 5.97 Å². The summed E-state index contributed by atoms with van der Waals surface area (Å²) in [4.78, 5) is 12.2. The fourth-order valence-electron chi connectivity index (χ4n) is 3.05. The van der Waals surface area contributed by atoms with Crippen LogP contribution in [0, 0.1) is 34.7 Å². The first-order chi connectivity index (χ1) is 11.7. The second-order valence-corrected chi connectivity index (χ2v) is 7.40. The Morgan fingerprint density at radius 3 is 2.32 bits per heavy atom. The second-order valence-electron chi connectivity index (χ2n) is 6.60. The molecule has 1 aromatic rings. The number of methoxy groups -OCH3 is 1. The molecule has 0 aromatic heterocycles. The van der Waals surface area contributed by atoms with Gasteiger partial charge in [0.05, 0.1) is 22.6 Å². The van der Waals surface area contributed by atoms with Crippen LogP contribution in [0.1, 0.15) is 31.9 Å². The minimum Gasteiger partial charge on any atom is -0.460 e. The molecule has 3 nitrogen and oxygen atoms in total. The minimum atomic E-state index is -1.34. The van der Waals surface area contributed by atoms with Crippen molar-refractivity contribution in [3.05, 3.63) is 45.2 Å². The van der Waals surface area contributed by atoms with E-state index in [0.717, 1.165) is 0 Å². The Labute approximate surface area is 153 Å². The molecule has 138 valence electrons. The molecule has 1 aliphatic carbocycles. The van der Waals surface area contributed by atoms with Crippen LogP contribution in [-0.2, 0) is 27.5 Å². The molecular formula is C18H20BrF3O3. The summed E-state index contributed by atoms with van der Waals surface area (Å²) in [6.07, 6.45) is 3.77. The number of hydrogen-bond acceptors (Lipinski definition) is 3. The van der Waals surface area contributed by atoms with Crippen molar-refractivity contribution in [2.24, 2.45) is 17.3 Å². The Morgan fingerprint density at radius 2 is 1.76 bits per heavy atom. The van der Waals surface area contributed by atoms with E-state index in [1.54, 1.807) is 0 Å². The number of rotatable bonds is 6. The molecule has 0 bridgehead atoms. The van der Waals surface area contributed by atoms with Gasteiger partial charge in [-0.25, -0.2) is 13.2 Å². The van der Waals surface area contributed by atoms with Gasteiger partial charge in [0.25, 0.3) is 0 Å². The molecule has 0 aliphatic heterocycles. The average Bonchev–Trinajstić information content (AvgIpc) is 3.10. The van der Waals surface area contributed by atoms with Crippen LogP contribution >= 0.6 is 15.9 Å². The average molecular weight is 421 g/mol. The molecule has 1 fully saturated rings. The lowest BCUT2D eigenvalue weighted by Gasteiger charge is -2.13. The molecule has 1 saturated carbocycles.